The molecular weight excluding hydrogens is 312 g/mol. The molecule has 0 radical (unpaired) electrons. The van der Waals surface area contributed by atoms with Crippen molar-refractivity contribution in [1.82, 2.24) is 15.5 Å². The highest BCUT2D eigenvalue weighted by Gasteiger charge is 2.20. The predicted octanol–water partition coefficient (Wildman–Crippen LogP) is 2.46. The molecule has 0 unspecified atom stereocenters. The zero-order valence-electron chi connectivity index (χ0n) is 15.3. The van der Waals surface area contributed by atoms with E-state index in [9.17, 15) is 4.79 Å². The molecule has 25 heavy (non-hydrogen) atoms. The molecule has 0 aromatic heterocycles. The molecule has 0 saturated heterocycles. The summed E-state index contributed by atoms with van der Waals surface area (Å²) in [5.74, 6) is 0.885. The molecule has 3 rings (SSSR count). The Morgan fingerprint density at radius 1 is 1.20 bits per heavy atom. The van der Waals surface area contributed by atoms with Crippen LogP contribution in [0.15, 0.2) is 29.3 Å². The van der Waals surface area contributed by atoms with E-state index in [1.165, 1.54) is 43.2 Å². The van der Waals surface area contributed by atoms with Crippen molar-refractivity contribution in [2.45, 2.75) is 58.0 Å². The van der Waals surface area contributed by atoms with Crippen LogP contribution in [0.2, 0.25) is 0 Å². The highest BCUT2D eigenvalue weighted by molar-refractivity contribution is 5.85. The Morgan fingerprint density at radius 3 is 2.72 bits per heavy atom. The molecular formula is C20H30N4O. The maximum atomic E-state index is 12.6. The van der Waals surface area contributed by atoms with E-state index in [0.29, 0.717) is 12.6 Å². The molecule has 1 heterocycles. The SMILES string of the molecule is CCNC(=NCC(=O)N1CCc2ccccc2C1)NC1CCCCC1. The molecule has 0 atom stereocenters. The van der Waals surface area contributed by atoms with Gasteiger partial charge in [0.05, 0.1) is 0 Å². The van der Waals surface area contributed by atoms with Crippen LogP contribution in [-0.4, -0.2) is 42.4 Å². The molecule has 1 saturated carbocycles. The minimum absolute atomic E-state index is 0.107. The van der Waals surface area contributed by atoms with Crippen LogP contribution < -0.4 is 10.6 Å². The summed E-state index contributed by atoms with van der Waals surface area (Å²) in [5, 5.41) is 6.77. The van der Waals surface area contributed by atoms with E-state index >= 15 is 0 Å². The van der Waals surface area contributed by atoms with E-state index in [-0.39, 0.29) is 12.5 Å². The third-order valence-electron chi connectivity index (χ3n) is 5.15. The summed E-state index contributed by atoms with van der Waals surface area (Å²) in [6.07, 6.45) is 7.22. The van der Waals surface area contributed by atoms with Gasteiger partial charge in [0.15, 0.2) is 5.96 Å². The molecule has 2 aliphatic rings. The number of rotatable bonds is 4. The second kappa shape index (κ2) is 8.88. The summed E-state index contributed by atoms with van der Waals surface area (Å²) in [6.45, 7) is 4.57. The van der Waals surface area contributed by atoms with Gasteiger partial charge in [0, 0.05) is 25.7 Å². The predicted molar refractivity (Wildman–Crippen MR) is 102 cm³/mol. The van der Waals surface area contributed by atoms with Crippen molar-refractivity contribution >= 4 is 11.9 Å². The van der Waals surface area contributed by atoms with E-state index in [1.54, 1.807) is 0 Å². The van der Waals surface area contributed by atoms with E-state index in [2.05, 4.69) is 40.7 Å². The molecule has 136 valence electrons. The summed E-state index contributed by atoms with van der Waals surface area (Å²) in [7, 11) is 0. The lowest BCUT2D eigenvalue weighted by Crippen LogP contribution is -2.45. The molecule has 5 nitrogen and oxygen atoms in total. The fourth-order valence-electron chi connectivity index (χ4n) is 3.72. The summed E-state index contributed by atoms with van der Waals surface area (Å²) < 4.78 is 0. The minimum Gasteiger partial charge on any atom is -0.357 e. The van der Waals surface area contributed by atoms with Crippen molar-refractivity contribution in [1.29, 1.82) is 0 Å². The average Bonchev–Trinajstić information content (AvgIpc) is 2.66. The van der Waals surface area contributed by atoms with Gasteiger partial charge in [-0.1, -0.05) is 43.5 Å². The van der Waals surface area contributed by atoms with Crippen LogP contribution in [0.25, 0.3) is 0 Å². The molecule has 1 aromatic rings. The Balaban J connectivity index is 1.55. The first-order chi connectivity index (χ1) is 12.3. The lowest BCUT2D eigenvalue weighted by atomic mass is 9.96. The first-order valence-electron chi connectivity index (χ1n) is 9.65. The van der Waals surface area contributed by atoms with Gasteiger partial charge in [-0.25, -0.2) is 4.99 Å². The van der Waals surface area contributed by atoms with Gasteiger partial charge in [0.25, 0.3) is 0 Å². The zero-order valence-corrected chi connectivity index (χ0v) is 15.3. The highest BCUT2D eigenvalue weighted by Crippen LogP contribution is 2.19. The van der Waals surface area contributed by atoms with E-state index in [1.807, 2.05) is 11.0 Å². The van der Waals surface area contributed by atoms with Gasteiger partial charge in [-0.15, -0.1) is 0 Å². The van der Waals surface area contributed by atoms with Crippen molar-refractivity contribution in [2.24, 2.45) is 4.99 Å². The van der Waals surface area contributed by atoms with E-state index in [0.717, 1.165) is 25.5 Å². The Kier molecular flexibility index (Phi) is 6.31. The van der Waals surface area contributed by atoms with E-state index in [4.69, 9.17) is 0 Å². The van der Waals surface area contributed by atoms with Crippen LogP contribution in [0.1, 0.15) is 50.2 Å². The molecule has 0 bridgehead atoms. The van der Waals surface area contributed by atoms with Crippen molar-refractivity contribution in [3.63, 3.8) is 0 Å². The number of carbonyl (C=O) groups excluding carboxylic acids is 1. The Morgan fingerprint density at radius 2 is 1.96 bits per heavy atom. The van der Waals surface area contributed by atoms with Crippen molar-refractivity contribution in [3.8, 4) is 0 Å². The molecule has 0 spiro atoms. The number of carbonyl (C=O) groups is 1. The lowest BCUT2D eigenvalue weighted by molar-refractivity contribution is -0.130. The second-order valence-electron chi connectivity index (χ2n) is 7.01. The molecule has 5 heteroatoms. The topological polar surface area (TPSA) is 56.7 Å². The van der Waals surface area contributed by atoms with Gasteiger partial charge in [0.1, 0.15) is 6.54 Å². The Labute approximate surface area is 150 Å². The number of benzene rings is 1. The van der Waals surface area contributed by atoms with Crippen LogP contribution in [-0.2, 0) is 17.8 Å². The van der Waals surface area contributed by atoms with Crippen LogP contribution in [0, 0.1) is 0 Å². The summed E-state index contributed by atoms with van der Waals surface area (Å²) in [5.41, 5.74) is 2.63. The second-order valence-corrected chi connectivity index (χ2v) is 7.01. The van der Waals surface area contributed by atoms with Gasteiger partial charge in [0.2, 0.25) is 5.91 Å². The molecule has 1 aliphatic carbocycles. The molecule has 1 aliphatic heterocycles. The first kappa shape index (κ1) is 17.8. The van der Waals surface area contributed by atoms with Gasteiger partial charge in [-0.3, -0.25) is 4.79 Å². The first-order valence-corrected chi connectivity index (χ1v) is 9.65. The maximum absolute atomic E-state index is 12.6. The number of amides is 1. The number of fused-ring (bicyclic) bond motifs is 1. The summed E-state index contributed by atoms with van der Waals surface area (Å²) in [6, 6.07) is 8.88. The normalized spacial score (nSPS) is 18.6. The van der Waals surface area contributed by atoms with Crippen LogP contribution in [0.4, 0.5) is 0 Å². The number of aliphatic imine (C=N–C) groups is 1. The van der Waals surface area contributed by atoms with Crippen molar-refractivity contribution < 1.29 is 4.79 Å². The number of hydrogen-bond donors (Lipinski definition) is 2. The Bertz CT molecular complexity index is 607. The summed E-state index contributed by atoms with van der Waals surface area (Å²) in [4.78, 5) is 19.0. The van der Waals surface area contributed by atoms with Gasteiger partial charge in [-0.2, -0.15) is 0 Å². The number of guanidine groups is 1. The molecule has 2 N–H and O–H groups in total. The highest BCUT2D eigenvalue weighted by atomic mass is 16.2. The molecule has 1 aromatic carbocycles. The summed E-state index contributed by atoms with van der Waals surface area (Å²) >= 11 is 0. The minimum atomic E-state index is 0.107. The van der Waals surface area contributed by atoms with Gasteiger partial charge in [-0.05, 0) is 37.3 Å². The monoisotopic (exact) mass is 342 g/mol. The quantitative estimate of drug-likeness (QED) is 0.653. The average molecular weight is 342 g/mol. The maximum Gasteiger partial charge on any atom is 0.244 e. The zero-order chi connectivity index (χ0) is 17.5. The Hall–Kier alpha value is -2.04. The number of nitrogens with zero attached hydrogens (tertiary/aromatic N) is 2. The van der Waals surface area contributed by atoms with Crippen LogP contribution in [0.5, 0.6) is 0 Å². The smallest absolute Gasteiger partial charge is 0.244 e. The largest absolute Gasteiger partial charge is 0.357 e. The fraction of sp³-hybridized carbons (Fsp3) is 0.600. The van der Waals surface area contributed by atoms with Gasteiger partial charge >= 0.3 is 0 Å². The van der Waals surface area contributed by atoms with E-state index < -0.39 is 0 Å². The van der Waals surface area contributed by atoms with Crippen LogP contribution >= 0.6 is 0 Å². The van der Waals surface area contributed by atoms with Crippen LogP contribution in [0.3, 0.4) is 0 Å². The molecule has 1 amide bonds. The number of nitrogens with one attached hydrogen (secondary N) is 2. The standard InChI is InChI=1S/C20H30N4O/c1-2-21-20(23-18-10-4-3-5-11-18)22-14-19(25)24-13-12-16-8-6-7-9-17(16)15-24/h6-9,18H,2-5,10-15H2,1H3,(H2,21,22,23). The fourth-order valence-corrected chi connectivity index (χ4v) is 3.72. The third-order valence-corrected chi connectivity index (χ3v) is 5.15. The third kappa shape index (κ3) is 4.97. The van der Waals surface area contributed by atoms with Gasteiger partial charge < -0.3 is 15.5 Å². The van der Waals surface area contributed by atoms with Crippen molar-refractivity contribution in [2.75, 3.05) is 19.6 Å². The number of hydrogen-bond acceptors (Lipinski definition) is 2. The molecule has 1 fully saturated rings. The van der Waals surface area contributed by atoms with Crippen molar-refractivity contribution in [3.05, 3.63) is 35.4 Å². The lowest BCUT2D eigenvalue weighted by Gasteiger charge is -2.28.